The van der Waals surface area contributed by atoms with Crippen LogP contribution in [0.4, 0.5) is 0 Å². The molecule has 0 fully saturated rings. The van der Waals surface area contributed by atoms with Gasteiger partial charge >= 0.3 is 5.97 Å². The molecule has 0 unspecified atom stereocenters. The third kappa shape index (κ3) is 5.25. The van der Waals surface area contributed by atoms with Crippen LogP contribution in [-0.2, 0) is 19.1 Å². The highest BCUT2D eigenvalue weighted by molar-refractivity contribution is 6.78. The minimum Gasteiger partial charge on any atom is -0.460 e. The van der Waals surface area contributed by atoms with Gasteiger partial charge in [-0.1, -0.05) is 34.8 Å². The number of alkyl halides is 3. The van der Waals surface area contributed by atoms with E-state index >= 15 is 0 Å². The summed E-state index contributed by atoms with van der Waals surface area (Å²) in [5.41, 5.74) is -0.543. The van der Waals surface area contributed by atoms with Crippen molar-refractivity contribution in [2.45, 2.75) is 10.7 Å². The lowest BCUT2D eigenvalue weighted by Gasteiger charge is -2.14. The molecule has 18 heavy (non-hydrogen) atoms. The molecular formula is C10H12Cl3NO4. The molecule has 8 heteroatoms. The molecule has 0 aromatic carbocycles. The summed E-state index contributed by atoms with van der Waals surface area (Å²) in [5.74, 6) is -3.41. The second-order valence-electron chi connectivity index (χ2n) is 3.38. The van der Waals surface area contributed by atoms with Crippen molar-refractivity contribution in [3.05, 3.63) is 11.8 Å². The Labute approximate surface area is 120 Å². The second kappa shape index (κ2) is 6.97. The van der Waals surface area contributed by atoms with E-state index in [1.165, 1.54) is 11.8 Å². The molecule has 0 aliphatic rings. The van der Waals surface area contributed by atoms with Crippen molar-refractivity contribution in [2.75, 3.05) is 20.7 Å². The molecule has 5 nitrogen and oxygen atoms in total. The van der Waals surface area contributed by atoms with Crippen LogP contribution in [0.2, 0.25) is 0 Å². The number of rotatable bonds is 5. The first-order chi connectivity index (χ1) is 8.11. The summed E-state index contributed by atoms with van der Waals surface area (Å²) in [6.45, 7) is 1.53. The van der Waals surface area contributed by atoms with E-state index in [0.29, 0.717) is 0 Å². The summed E-state index contributed by atoms with van der Waals surface area (Å²) in [6.07, 6.45) is 1.10. The first-order valence-corrected chi connectivity index (χ1v) is 5.95. The van der Waals surface area contributed by atoms with Gasteiger partial charge in [0.1, 0.15) is 0 Å². The molecule has 0 radical (unpaired) electrons. The molecule has 0 bridgehead atoms. The van der Waals surface area contributed by atoms with Crippen molar-refractivity contribution in [1.82, 2.24) is 4.90 Å². The zero-order valence-corrected chi connectivity index (χ0v) is 12.3. The van der Waals surface area contributed by atoms with E-state index in [4.69, 9.17) is 34.8 Å². The fourth-order valence-electron chi connectivity index (χ4n) is 0.938. The fourth-order valence-corrected chi connectivity index (χ4v) is 1.24. The van der Waals surface area contributed by atoms with Gasteiger partial charge in [0.2, 0.25) is 5.78 Å². The zero-order chi connectivity index (χ0) is 14.5. The van der Waals surface area contributed by atoms with E-state index < -0.39 is 26.9 Å². The average molecular weight is 317 g/mol. The van der Waals surface area contributed by atoms with Crippen molar-refractivity contribution in [2.24, 2.45) is 0 Å². The molecule has 0 aliphatic heterocycles. The van der Waals surface area contributed by atoms with E-state index in [-0.39, 0.29) is 6.61 Å². The number of hydrogen-bond donors (Lipinski definition) is 0. The Bertz CT molecular complexity index is 385. The highest BCUT2D eigenvalue weighted by Crippen LogP contribution is 2.30. The van der Waals surface area contributed by atoms with E-state index in [1.807, 2.05) is 0 Å². The first-order valence-electron chi connectivity index (χ1n) is 4.82. The molecule has 0 aliphatic carbocycles. The molecular weight excluding hydrogens is 304 g/mol. The van der Waals surface area contributed by atoms with Gasteiger partial charge in [0.25, 0.3) is 9.58 Å². The number of nitrogens with zero attached hydrogens (tertiary/aromatic N) is 1. The van der Waals surface area contributed by atoms with Gasteiger partial charge in [-0.3, -0.25) is 9.59 Å². The van der Waals surface area contributed by atoms with Crippen molar-refractivity contribution < 1.29 is 19.1 Å². The molecule has 0 saturated carbocycles. The number of halogens is 3. The Balaban J connectivity index is 5.34. The molecule has 0 saturated heterocycles. The maximum absolute atomic E-state index is 11.7. The number of carbonyl (C=O) groups is 3. The Morgan fingerprint density at radius 3 is 2.06 bits per heavy atom. The number of hydrogen-bond acceptors (Lipinski definition) is 5. The lowest BCUT2D eigenvalue weighted by atomic mass is 10.1. The topological polar surface area (TPSA) is 63.7 Å². The van der Waals surface area contributed by atoms with Crippen LogP contribution < -0.4 is 0 Å². The monoisotopic (exact) mass is 315 g/mol. The summed E-state index contributed by atoms with van der Waals surface area (Å²) in [4.78, 5) is 36.1. The van der Waals surface area contributed by atoms with E-state index in [0.717, 1.165) is 6.20 Å². The highest BCUT2D eigenvalue weighted by Gasteiger charge is 2.38. The molecule has 0 aromatic rings. The average Bonchev–Trinajstić information content (AvgIpc) is 2.22. The third-order valence-electron chi connectivity index (χ3n) is 1.59. The quantitative estimate of drug-likeness (QED) is 0.192. The van der Waals surface area contributed by atoms with Gasteiger partial charge in [0.15, 0.2) is 0 Å². The standard InChI is InChI=1S/C10H12Cl3NO4/c1-4-18-9(17)7(15)6(5-14(2)3)8(16)10(11,12)13/h5H,4H2,1-3H3/b6-5-. The molecule has 0 amide bonds. The highest BCUT2D eigenvalue weighted by atomic mass is 35.6. The van der Waals surface area contributed by atoms with Crippen molar-refractivity contribution in [3.63, 3.8) is 0 Å². The molecule has 0 rings (SSSR count). The van der Waals surface area contributed by atoms with Crippen LogP contribution in [0, 0.1) is 0 Å². The summed E-state index contributed by atoms with van der Waals surface area (Å²) >= 11 is 16.2. The minimum absolute atomic E-state index is 0.00176. The first kappa shape index (κ1) is 17.2. The number of ether oxygens (including phenoxy) is 1. The van der Waals surface area contributed by atoms with Gasteiger partial charge in [-0.25, -0.2) is 4.79 Å². The SMILES string of the molecule is CCOC(=O)C(=O)/C(=C/N(C)C)C(=O)C(Cl)(Cl)Cl. The zero-order valence-electron chi connectivity index (χ0n) is 10.00. The van der Waals surface area contributed by atoms with Crippen molar-refractivity contribution in [3.8, 4) is 0 Å². The van der Waals surface area contributed by atoms with Gasteiger partial charge in [0, 0.05) is 20.3 Å². The van der Waals surface area contributed by atoms with Crippen LogP contribution in [0.1, 0.15) is 6.92 Å². The van der Waals surface area contributed by atoms with Crippen molar-refractivity contribution >= 4 is 52.3 Å². The Morgan fingerprint density at radius 1 is 1.22 bits per heavy atom. The van der Waals surface area contributed by atoms with Crippen LogP contribution in [0.5, 0.6) is 0 Å². The van der Waals surface area contributed by atoms with Gasteiger partial charge in [-0.05, 0) is 6.92 Å². The van der Waals surface area contributed by atoms with Crippen LogP contribution in [0.25, 0.3) is 0 Å². The number of esters is 1. The van der Waals surface area contributed by atoms with Gasteiger partial charge in [-0.15, -0.1) is 0 Å². The number of ketones is 2. The molecule has 0 N–H and O–H groups in total. The van der Waals surface area contributed by atoms with E-state index in [9.17, 15) is 14.4 Å². The molecule has 0 atom stereocenters. The Kier molecular flexibility index (Phi) is 6.67. The van der Waals surface area contributed by atoms with Crippen molar-refractivity contribution in [1.29, 1.82) is 0 Å². The van der Waals surface area contributed by atoms with Crippen LogP contribution in [0.3, 0.4) is 0 Å². The van der Waals surface area contributed by atoms with Crippen LogP contribution in [0.15, 0.2) is 11.8 Å². The minimum atomic E-state index is -2.32. The summed E-state index contributed by atoms with van der Waals surface area (Å²) < 4.78 is 2.18. The number of Topliss-reactive ketones (excluding diaryl/α,β-unsaturated/α-hetero) is 2. The predicted octanol–water partition coefficient (Wildman–Crippen LogP) is 1.50. The van der Waals surface area contributed by atoms with Crippen LogP contribution in [-0.4, -0.2) is 46.9 Å². The number of carbonyl (C=O) groups excluding carboxylic acids is 3. The molecule has 0 spiro atoms. The summed E-state index contributed by atoms with van der Waals surface area (Å²) in [7, 11) is 3.09. The largest absolute Gasteiger partial charge is 0.460 e. The second-order valence-corrected chi connectivity index (χ2v) is 5.66. The lowest BCUT2D eigenvalue weighted by Crippen LogP contribution is -2.31. The van der Waals surface area contributed by atoms with E-state index in [1.54, 1.807) is 14.1 Å². The molecule has 0 heterocycles. The third-order valence-corrected chi connectivity index (χ3v) is 2.11. The summed E-state index contributed by atoms with van der Waals surface area (Å²) in [5, 5.41) is 0. The predicted molar refractivity (Wildman–Crippen MR) is 68.7 cm³/mol. The summed E-state index contributed by atoms with van der Waals surface area (Å²) in [6, 6.07) is 0. The lowest BCUT2D eigenvalue weighted by molar-refractivity contribution is -0.152. The Hall–Kier alpha value is -0.780. The van der Waals surface area contributed by atoms with E-state index in [2.05, 4.69) is 4.74 Å². The fraction of sp³-hybridized carbons (Fsp3) is 0.500. The van der Waals surface area contributed by atoms with Gasteiger partial charge in [-0.2, -0.15) is 0 Å². The maximum atomic E-state index is 11.7. The molecule has 102 valence electrons. The normalized spacial score (nSPS) is 12.0. The van der Waals surface area contributed by atoms with Crippen LogP contribution >= 0.6 is 34.8 Å². The maximum Gasteiger partial charge on any atom is 0.379 e. The Morgan fingerprint density at radius 2 is 1.72 bits per heavy atom. The smallest absolute Gasteiger partial charge is 0.379 e. The van der Waals surface area contributed by atoms with Gasteiger partial charge < -0.3 is 9.64 Å². The van der Waals surface area contributed by atoms with Gasteiger partial charge in [0.05, 0.1) is 12.2 Å². The molecule has 0 aromatic heterocycles.